The SMILES string of the molecule is C/C(CC(=O)NCc1ccc(Cl)cc1)=N\NC(=O)c1cnccn1. The van der Waals surface area contributed by atoms with Crippen molar-refractivity contribution >= 4 is 29.1 Å². The summed E-state index contributed by atoms with van der Waals surface area (Å²) in [5.74, 6) is -0.677. The molecule has 0 fully saturated rings. The fourth-order valence-electron chi connectivity index (χ4n) is 1.76. The number of benzene rings is 1. The Morgan fingerprint density at radius 2 is 1.96 bits per heavy atom. The first kappa shape index (κ1) is 17.6. The van der Waals surface area contributed by atoms with Gasteiger partial charge in [0.1, 0.15) is 5.69 Å². The van der Waals surface area contributed by atoms with E-state index in [9.17, 15) is 9.59 Å². The number of nitrogens with one attached hydrogen (secondary N) is 2. The Labute approximate surface area is 144 Å². The predicted molar refractivity (Wildman–Crippen MR) is 90.5 cm³/mol. The summed E-state index contributed by atoms with van der Waals surface area (Å²) in [5.41, 5.74) is 3.91. The van der Waals surface area contributed by atoms with Gasteiger partial charge in [0.25, 0.3) is 5.91 Å². The lowest BCUT2D eigenvalue weighted by Crippen LogP contribution is -2.26. The van der Waals surface area contributed by atoms with E-state index in [0.717, 1.165) is 5.56 Å². The van der Waals surface area contributed by atoms with Gasteiger partial charge >= 0.3 is 0 Å². The van der Waals surface area contributed by atoms with Gasteiger partial charge in [-0.2, -0.15) is 5.10 Å². The second-order valence-corrected chi connectivity index (χ2v) is 5.40. The maximum Gasteiger partial charge on any atom is 0.291 e. The van der Waals surface area contributed by atoms with Crippen LogP contribution in [0.1, 0.15) is 29.4 Å². The van der Waals surface area contributed by atoms with E-state index in [0.29, 0.717) is 17.3 Å². The van der Waals surface area contributed by atoms with Gasteiger partial charge in [0.15, 0.2) is 0 Å². The highest BCUT2D eigenvalue weighted by molar-refractivity contribution is 6.30. The van der Waals surface area contributed by atoms with Crippen LogP contribution in [-0.4, -0.2) is 27.5 Å². The van der Waals surface area contributed by atoms with Crippen LogP contribution in [0.2, 0.25) is 5.02 Å². The van der Waals surface area contributed by atoms with Crippen molar-refractivity contribution in [1.82, 2.24) is 20.7 Å². The smallest absolute Gasteiger partial charge is 0.291 e. The minimum absolute atomic E-state index is 0.0777. The molecule has 0 aliphatic rings. The van der Waals surface area contributed by atoms with Gasteiger partial charge < -0.3 is 5.32 Å². The van der Waals surface area contributed by atoms with Crippen LogP contribution in [0.3, 0.4) is 0 Å². The topological polar surface area (TPSA) is 96.3 Å². The van der Waals surface area contributed by atoms with E-state index in [4.69, 9.17) is 11.6 Å². The van der Waals surface area contributed by atoms with Gasteiger partial charge in [-0.1, -0.05) is 23.7 Å². The highest BCUT2D eigenvalue weighted by Crippen LogP contribution is 2.09. The molecule has 0 unspecified atom stereocenters. The summed E-state index contributed by atoms with van der Waals surface area (Å²) in [7, 11) is 0. The number of nitrogens with zero attached hydrogens (tertiary/aromatic N) is 3. The molecule has 0 atom stereocenters. The van der Waals surface area contributed by atoms with Gasteiger partial charge in [-0.3, -0.25) is 14.6 Å². The molecule has 124 valence electrons. The molecule has 1 aromatic heterocycles. The molecule has 0 spiro atoms. The molecular formula is C16H16ClN5O2. The van der Waals surface area contributed by atoms with Gasteiger partial charge in [0, 0.05) is 29.7 Å². The third kappa shape index (κ3) is 5.77. The van der Waals surface area contributed by atoms with Crippen LogP contribution in [0.25, 0.3) is 0 Å². The van der Waals surface area contributed by atoms with Gasteiger partial charge in [-0.05, 0) is 24.6 Å². The Hall–Kier alpha value is -2.80. The molecule has 2 amide bonds. The lowest BCUT2D eigenvalue weighted by Gasteiger charge is -2.06. The Bertz CT molecular complexity index is 732. The van der Waals surface area contributed by atoms with Gasteiger partial charge in [-0.15, -0.1) is 0 Å². The van der Waals surface area contributed by atoms with Gasteiger partial charge in [0.05, 0.1) is 12.6 Å². The van der Waals surface area contributed by atoms with E-state index in [1.165, 1.54) is 18.6 Å². The number of carbonyl (C=O) groups excluding carboxylic acids is 2. The maximum atomic E-state index is 11.9. The summed E-state index contributed by atoms with van der Waals surface area (Å²) in [6, 6.07) is 7.20. The number of rotatable bonds is 6. The summed E-state index contributed by atoms with van der Waals surface area (Å²) in [6.45, 7) is 2.05. The lowest BCUT2D eigenvalue weighted by molar-refractivity contribution is -0.120. The Balaban J connectivity index is 1.78. The molecule has 2 rings (SSSR count). The summed E-state index contributed by atoms with van der Waals surface area (Å²) >= 11 is 5.80. The number of aromatic nitrogens is 2. The number of hydrazone groups is 1. The van der Waals surface area contributed by atoms with Crippen molar-refractivity contribution in [1.29, 1.82) is 0 Å². The average molecular weight is 346 g/mol. The van der Waals surface area contributed by atoms with E-state index in [1.54, 1.807) is 19.1 Å². The number of hydrogen-bond donors (Lipinski definition) is 2. The maximum absolute atomic E-state index is 11.9. The molecule has 0 radical (unpaired) electrons. The molecular weight excluding hydrogens is 330 g/mol. The van der Waals surface area contributed by atoms with Crippen molar-refractivity contribution in [2.75, 3.05) is 0 Å². The monoisotopic (exact) mass is 345 g/mol. The Morgan fingerprint density at radius 1 is 1.21 bits per heavy atom. The lowest BCUT2D eigenvalue weighted by atomic mass is 10.2. The number of carbonyl (C=O) groups is 2. The molecule has 0 bridgehead atoms. The van der Waals surface area contributed by atoms with Crippen molar-refractivity contribution in [3.05, 3.63) is 59.1 Å². The van der Waals surface area contributed by atoms with Crippen LogP contribution in [0.4, 0.5) is 0 Å². The van der Waals surface area contributed by atoms with E-state index < -0.39 is 5.91 Å². The summed E-state index contributed by atoms with van der Waals surface area (Å²) in [6.07, 6.45) is 4.29. The van der Waals surface area contributed by atoms with Crippen LogP contribution in [-0.2, 0) is 11.3 Å². The molecule has 8 heteroatoms. The van der Waals surface area contributed by atoms with Gasteiger partial charge in [0.2, 0.25) is 5.91 Å². The molecule has 0 saturated heterocycles. The quantitative estimate of drug-likeness (QED) is 0.617. The summed E-state index contributed by atoms with van der Waals surface area (Å²) < 4.78 is 0. The van der Waals surface area contributed by atoms with Crippen molar-refractivity contribution in [2.24, 2.45) is 5.10 Å². The van der Waals surface area contributed by atoms with Crippen LogP contribution in [0.15, 0.2) is 48.0 Å². The number of halogens is 1. The van der Waals surface area contributed by atoms with Crippen LogP contribution in [0, 0.1) is 0 Å². The van der Waals surface area contributed by atoms with Gasteiger partial charge in [-0.25, -0.2) is 10.4 Å². The number of amides is 2. The van der Waals surface area contributed by atoms with Crippen molar-refractivity contribution in [2.45, 2.75) is 19.9 Å². The minimum Gasteiger partial charge on any atom is -0.352 e. The molecule has 0 aliphatic heterocycles. The third-order valence-corrected chi connectivity index (χ3v) is 3.22. The Morgan fingerprint density at radius 3 is 2.62 bits per heavy atom. The van der Waals surface area contributed by atoms with Crippen LogP contribution in [0.5, 0.6) is 0 Å². The molecule has 2 aromatic rings. The first-order valence-electron chi connectivity index (χ1n) is 7.15. The third-order valence-electron chi connectivity index (χ3n) is 2.96. The fraction of sp³-hybridized carbons (Fsp3) is 0.188. The zero-order valence-electron chi connectivity index (χ0n) is 13.0. The summed E-state index contributed by atoms with van der Waals surface area (Å²) in [5, 5.41) is 7.29. The zero-order chi connectivity index (χ0) is 17.4. The average Bonchev–Trinajstić information content (AvgIpc) is 2.60. The second-order valence-electron chi connectivity index (χ2n) is 4.96. The molecule has 1 heterocycles. The molecule has 7 nitrogen and oxygen atoms in total. The minimum atomic E-state index is -0.482. The zero-order valence-corrected chi connectivity index (χ0v) is 13.7. The largest absolute Gasteiger partial charge is 0.352 e. The van der Waals surface area contributed by atoms with Crippen LogP contribution < -0.4 is 10.7 Å². The summed E-state index contributed by atoms with van der Waals surface area (Å²) in [4.78, 5) is 31.2. The van der Waals surface area contributed by atoms with E-state index in [1.807, 2.05) is 12.1 Å². The van der Waals surface area contributed by atoms with Crippen LogP contribution >= 0.6 is 11.6 Å². The first-order chi connectivity index (χ1) is 11.5. The van der Waals surface area contributed by atoms with E-state index >= 15 is 0 Å². The highest BCUT2D eigenvalue weighted by Gasteiger charge is 2.07. The standard InChI is InChI=1S/C16H16ClN5O2/c1-11(21-22-16(24)14-10-18-6-7-19-14)8-15(23)20-9-12-2-4-13(17)5-3-12/h2-7,10H,8-9H2,1H3,(H,20,23)(H,22,24)/b21-11+. The van der Waals surface area contributed by atoms with Crippen molar-refractivity contribution in [3.63, 3.8) is 0 Å². The fourth-order valence-corrected chi connectivity index (χ4v) is 1.88. The normalized spacial score (nSPS) is 11.0. The van der Waals surface area contributed by atoms with E-state index in [2.05, 4.69) is 25.8 Å². The molecule has 1 aromatic carbocycles. The molecule has 0 aliphatic carbocycles. The molecule has 24 heavy (non-hydrogen) atoms. The highest BCUT2D eigenvalue weighted by atomic mass is 35.5. The van der Waals surface area contributed by atoms with E-state index in [-0.39, 0.29) is 18.0 Å². The van der Waals surface area contributed by atoms with Crippen molar-refractivity contribution < 1.29 is 9.59 Å². The molecule has 0 saturated carbocycles. The second kappa shape index (κ2) is 8.73. The first-order valence-corrected chi connectivity index (χ1v) is 7.53. The number of hydrogen-bond acceptors (Lipinski definition) is 5. The Kier molecular flexibility index (Phi) is 6.39. The predicted octanol–water partition coefficient (Wildman–Crippen LogP) is 1.94. The van der Waals surface area contributed by atoms with Crippen molar-refractivity contribution in [3.8, 4) is 0 Å². The molecule has 2 N–H and O–H groups in total.